The number of carboxylic acid groups (broad SMARTS) is 1. The molecule has 0 saturated carbocycles. The lowest BCUT2D eigenvalue weighted by Gasteiger charge is -2.26. The van der Waals surface area contributed by atoms with Gasteiger partial charge in [-0.25, -0.2) is 4.79 Å². The van der Waals surface area contributed by atoms with E-state index < -0.39 is 42.5 Å². The maximum atomic E-state index is 12.2. The first-order chi connectivity index (χ1) is 9.61. The van der Waals surface area contributed by atoms with Crippen molar-refractivity contribution in [2.24, 2.45) is 17.6 Å². The second-order valence-electron chi connectivity index (χ2n) is 5.59. The lowest BCUT2D eigenvalue weighted by Crippen LogP contribution is -2.57. The summed E-state index contributed by atoms with van der Waals surface area (Å²) >= 11 is 0. The summed E-state index contributed by atoms with van der Waals surface area (Å²) in [6, 6.07) is -3.09. The van der Waals surface area contributed by atoms with Crippen molar-refractivity contribution in [3.05, 3.63) is 0 Å². The summed E-state index contributed by atoms with van der Waals surface area (Å²) in [4.78, 5) is 34.9. The van der Waals surface area contributed by atoms with E-state index in [0.717, 1.165) is 0 Å². The highest BCUT2D eigenvalue weighted by atomic mass is 16.4. The number of nitrogens with two attached hydrogens (primary N) is 1. The summed E-state index contributed by atoms with van der Waals surface area (Å²) in [5.74, 6) is -2.96. The molecule has 0 aromatic carbocycles. The number of nitrogens with one attached hydrogen (secondary N) is 2. The molecule has 0 aliphatic carbocycles. The fourth-order valence-electron chi connectivity index (χ4n) is 1.63. The van der Waals surface area contributed by atoms with Crippen LogP contribution in [-0.4, -0.2) is 52.7 Å². The van der Waals surface area contributed by atoms with Gasteiger partial charge in [-0.3, -0.25) is 9.59 Å². The van der Waals surface area contributed by atoms with Gasteiger partial charge in [-0.1, -0.05) is 27.7 Å². The van der Waals surface area contributed by atoms with Crippen molar-refractivity contribution in [3.8, 4) is 0 Å². The lowest BCUT2D eigenvalue weighted by molar-refractivity contribution is -0.143. The maximum absolute atomic E-state index is 12.2. The minimum Gasteiger partial charge on any atom is -0.480 e. The van der Waals surface area contributed by atoms with Gasteiger partial charge in [0.25, 0.3) is 0 Å². The second kappa shape index (κ2) is 8.58. The Morgan fingerprint density at radius 2 is 1.38 bits per heavy atom. The molecule has 0 heterocycles. The number of carboxylic acids is 1. The van der Waals surface area contributed by atoms with E-state index in [2.05, 4.69) is 10.6 Å². The highest BCUT2D eigenvalue weighted by molar-refractivity contribution is 5.92. The topological polar surface area (TPSA) is 142 Å². The van der Waals surface area contributed by atoms with Gasteiger partial charge in [0.15, 0.2) is 0 Å². The number of rotatable bonds is 8. The van der Waals surface area contributed by atoms with Gasteiger partial charge < -0.3 is 26.6 Å². The van der Waals surface area contributed by atoms with Crippen LogP contribution in [0.3, 0.4) is 0 Å². The van der Waals surface area contributed by atoms with Crippen molar-refractivity contribution in [1.82, 2.24) is 10.6 Å². The molecule has 0 rings (SSSR count). The quantitative estimate of drug-likeness (QED) is 0.376. The van der Waals surface area contributed by atoms with Crippen LogP contribution >= 0.6 is 0 Å². The molecule has 0 fully saturated rings. The van der Waals surface area contributed by atoms with Crippen LogP contribution in [0.1, 0.15) is 27.7 Å². The van der Waals surface area contributed by atoms with E-state index >= 15 is 0 Å². The number of aliphatic hydroxyl groups is 1. The van der Waals surface area contributed by atoms with Crippen LogP contribution in [0.4, 0.5) is 0 Å². The average Bonchev–Trinajstić information content (AvgIpc) is 2.39. The molecule has 0 radical (unpaired) electrons. The number of aliphatic hydroxyl groups excluding tert-OH is 1. The van der Waals surface area contributed by atoms with E-state index in [1.807, 2.05) is 0 Å². The van der Waals surface area contributed by atoms with Crippen LogP contribution < -0.4 is 16.4 Å². The van der Waals surface area contributed by atoms with Crippen LogP contribution in [0.25, 0.3) is 0 Å². The molecule has 3 unspecified atom stereocenters. The Kier molecular flexibility index (Phi) is 7.90. The van der Waals surface area contributed by atoms with Crippen molar-refractivity contribution in [2.45, 2.75) is 45.8 Å². The van der Waals surface area contributed by atoms with E-state index in [-0.39, 0.29) is 11.8 Å². The molecule has 8 nitrogen and oxygen atoms in total. The number of amides is 2. The second-order valence-corrected chi connectivity index (χ2v) is 5.59. The Hall–Kier alpha value is -1.67. The highest BCUT2D eigenvalue weighted by Gasteiger charge is 2.30. The lowest BCUT2D eigenvalue weighted by atomic mass is 10.00. The minimum absolute atomic E-state index is 0.263. The molecule has 0 aliphatic rings. The smallest absolute Gasteiger partial charge is 0.326 e. The molecule has 21 heavy (non-hydrogen) atoms. The first kappa shape index (κ1) is 19.3. The molecular formula is C13H25N3O5. The van der Waals surface area contributed by atoms with E-state index in [9.17, 15) is 14.4 Å². The molecule has 0 saturated heterocycles. The predicted molar refractivity (Wildman–Crippen MR) is 76.2 cm³/mol. The number of hydrogen-bond acceptors (Lipinski definition) is 5. The van der Waals surface area contributed by atoms with Gasteiger partial charge in [0.05, 0.1) is 6.61 Å². The van der Waals surface area contributed by atoms with Gasteiger partial charge in [-0.2, -0.15) is 0 Å². The fourth-order valence-corrected chi connectivity index (χ4v) is 1.63. The van der Waals surface area contributed by atoms with Crippen LogP contribution in [0, 0.1) is 11.8 Å². The predicted octanol–water partition coefficient (Wildman–Crippen LogP) is -1.33. The zero-order valence-electron chi connectivity index (χ0n) is 12.8. The molecule has 0 aliphatic heterocycles. The van der Waals surface area contributed by atoms with Crippen molar-refractivity contribution in [1.29, 1.82) is 0 Å². The number of hydrogen-bond donors (Lipinski definition) is 5. The zero-order valence-corrected chi connectivity index (χ0v) is 12.8. The fraction of sp³-hybridized carbons (Fsp3) is 0.769. The van der Waals surface area contributed by atoms with Gasteiger partial charge in [-0.05, 0) is 11.8 Å². The monoisotopic (exact) mass is 303 g/mol. The van der Waals surface area contributed by atoms with Gasteiger partial charge >= 0.3 is 5.97 Å². The normalized spacial score (nSPS) is 15.4. The van der Waals surface area contributed by atoms with Crippen molar-refractivity contribution < 1.29 is 24.6 Å². The summed E-state index contributed by atoms with van der Waals surface area (Å²) < 4.78 is 0. The van der Waals surface area contributed by atoms with E-state index in [4.69, 9.17) is 15.9 Å². The molecule has 0 aromatic heterocycles. The summed E-state index contributed by atoms with van der Waals surface area (Å²) in [6.45, 7) is 6.22. The first-order valence-electron chi connectivity index (χ1n) is 6.81. The molecule has 0 bridgehead atoms. The standard InChI is InChI=1S/C13H25N3O5/c1-6(2)9(15-11(18)8(14)5-17)12(19)16-10(7(3)4)13(20)21/h6-10,17H,5,14H2,1-4H3,(H,15,18)(H,16,19)(H,20,21). The maximum Gasteiger partial charge on any atom is 0.326 e. The molecule has 3 atom stereocenters. The molecule has 8 heteroatoms. The van der Waals surface area contributed by atoms with E-state index in [0.29, 0.717) is 0 Å². The number of aliphatic carboxylic acids is 1. The average molecular weight is 303 g/mol. The van der Waals surface area contributed by atoms with Gasteiger partial charge in [-0.15, -0.1) is 0 Å². The third-order valence-electron chi connectivity index (χ3n) is 3.01. The Labute approximate surface area is 124 Å². The summed E-state index contributed by atoms with van der Waals surface area (Å²) in [5.41, 5.74) is 5.37. The molecule has 122 valence electrons. The Balaban J connectivity index is 4.92. The first-order valence-corrected chi connectivity index (χ1v) is 6.81. The van der Waals surface area contributed by atoms with Gasteiger partial charge in [0.1, 0.15) is 18.1 Å². The highest BCUT2D eigenvalue weighted by Crippen LogP contribution is 2.06. The number of carbonyl (C=O) groups excluding carboxylic acids is 2. The third kappa shape index (κ3) is 6.09. The van der Waals surface area contributed by atoms with Gasteiger partial charge in [0, 0.05) is 0 Å². The van der Waals surface area contributed by atoms with Crippen LogP contribution in [-0.2, 0) is 14.4 Å². The Morgan fingerprint density at radius 1 is 0.952 bits per heavy atom. The van der Waals surface area contributed by atoms with E-state index in [1.165, 1.54) is 0 Å². The Bertz CT molecular complexity index is 384. The van der Waals surface area contributed by atoms with Crippen molar-refractivity contribution >= 4 is 17.8 Å². The summed E-state index contributed by atoms with van der Waals surface area (Å²) in [5, 5.41) is 22.7. The van der Waals surface area contributed by atoms with Crippen LogP contribution in [0.15, 0.2) is 0 Å². The van der Waals surface area contributed by atoms with Crippen molar-refractivity contribution in [2.75, 3.05) is 6.61 Å². The molecule has 6 N–H and O–H groups in total. The van der Waals surface area contributed by atoms with Crippen LogP contribution in [0.5, 0.6) is 0 Å². The Morgan fingerprint density at radius 3 is 1.71 bits per heavy atom. The van der Waals surface area contributed by atoms with Crippen LogP contribution in [0.2, 0.25) is 0 Å². The third-order valence-corrected chi connectivity index (χ3v) is 3.01. The molecular weight excluding hydrogens is 278 g/mol. The summed E-state index contributed by atoms with van der Waals surface area (Å²) in [6.07, 6.45) is 0. The number of carbonyl (C=O) groups is 3. The SMILES string of the molecule is CC(C)C(NC(=O)C(NC(=O)C(N)CO)C(C)C)C(=O)O. The van der Waals surface area contributed by atoms with Crippen molar-refractivity contribution in [3.63, 3.8) is 0 Å². The summed E-state index contributed by atoms with van der Waals surface area (Å²) in [7, 11) is 0. The molecule has 0 aromatic rings. The minimum atomic E-state index is -1.14. The molecule has 0 spiro atoms. The van der Waals surface area contributed by atoms with E-state index in [1.54, 1.807) is 27.7 Å². The van der Waals surface area contributed by atoms with Gasteiger partial charge in [0.2, 0.25) is 11.8 Å². The largest absolute Gasteiger partial charge is 0.480 e. The zero-order chi connectivity index (χ0) is 16.7. The molecule has 2 amide bonds.